The Balaban J connectivity index is 2.12. The van der Waals surface area contributed by atoms with Crippen molar-refractivity contribution in [1.82, 2.24) is 0 Å². The Kier molecular flexibility index (Phi) is 3.58. The van der Waals surface area contributed by atoms with Crippen molar-refractivity contribution in [2.45, 2.75) is 32.2 Å². The molecular formula is C13H17NO6. The predicted octanol–water partition coefficient (Wildman–Crippen LogP) is 2.22. The van der Waals surface area contributed by atoms with Crippen molar-refractivity contribution in [3.8, 4) is 11.5 Å². The summed E-state index contributed by atoms with van der Waals surface area (Å²) in [5.41, 5.74) is -1.14. The molecule has 7 heteroatoms. The normalized spacial score (nSPS) is 24.6. The summed E-state index contributed by atoms with van der Waals surface area (Å²) in [7, 11) is 0. The van der Waals surface area contributed by atoms with Crippen molar-refractivity contribution in [1.29, 1.82) is 0 Å². The molecule has 1 saturated heterocycles. The zero-order valence-electron chi connectivity index (χ0n) is 11.6. The molecule has 0 amide bonds. The summed E-state index contributed by atoms with van der Waals surface area (Å²) in [5, 5.41) is 20.5. The fourth-order valence-corrected chi connectivity index (χ4v) is 2.09. The lowest BCUT2D eigenvalue weighted by molar-refractivity contribution is -0.387. The van der Waals surface area contributed by atoms with Crippen molar-refractivity contribution in [3.05, 3.63) is 28.3 Å². The summed E-state index contributed by atoms with van der Waals surface area (Å²) in [6.45, 7) is 5.79. The molecule has 0 spiro atoms. The first kappa shape index (κ1) is 14.5. The second-order valence-electron chi connectivity index (χ2n) is 5.41. The van der Waals surface area contributed by atoms with Gasteiger partial charge >= 0.3 is 5.69 Å². The van der Waals surface area contributed by atoms with Crippen LogP contribution in [-0.4, -0.2) is 34.6 Å². The van der Waals surface area contributed by atoms with Crippen LogP contribution in [0.5, 0.6) is 11.5 Å². The predicted molar refractivity (Wildman–Crippen MR) is 69.8 cm³/mol. The lowest BCUT2D eigenvalue weighted by atomic mass is 10.1. The van der Waals surface area contributed by atoms with Crippen molar-refractivity contribution in [2.24, 2.45) is 0 Å². The average molecular weight is 283 g/mol. The highest BCUT2D eigenvalue weighted by molar-refractivity contribution is 5.56. The van der Waals surface area contributed by atoms with Crippen LogP contribution < -0.4 is 4.74 Å². The van der Waals surface area contributed by atoms with E-state index in [2.05, 4.69) is 0 Å². The van der Waals surface area contributed by atoms with Crippen molar-refractivity contribution in [3.63, 3.8) is 0 Å². The van der Waals surface area contributed by atoms with Gasteiger partial charge in [0, 0.05) is 0 Å². The van der Waals surface area contributed by atoms with Crippen LogP contribution in [0.3, 0.4) is 0 Å². The number of rotatable bonds is 4. The van der Waals surface area contributed by atoms with E-state index in [0.29, 0.717) is 6.61 Å². The molecule has 0 aliphatic carbocycles. The number of benzene rings is 1. The van der Waals surface area contributed by atoms with Gasteiger partial charge in [0.1, 0.15) is 12.2 Å². The van der Waals surface area contributed by atoms with Gasteiger partial charge < -0.3 is 19.3 Å². The lowest BCUT2D eigenvalue weighted by Gasteiger charge is -2.25. The van der Waals surface area contributed by atoms with Crippen LogP contribution >= 0.6 is 0 Å². The van der Waals surface area contributed by atoms with E-state index >= 15 is 0 Å². The number of phenols is 1. The van der Waals surface area contributed by atoms with Gasteiger partial charge in [0.25, 0.3) is 0 Å². The molecule has 0 radical (unpaired) electrons. The van der Waals surface area contributed by atoms with Gasteiger partial charge in [-0.25, -0.2) is 0 Å². The summed E-state index contributed by atoms with van der Waals surface area (Å²) in [6.07, 6.45) is 0. The zero-order valence-corrected chi connectivity index (χ0v) is 11.6. The standard InChI is InChI=1S/C13H17NO6/c1-12(2)19-8-13(3,20-12)7-18-10-6-4-5-9(15)11(10)14(16)17/h4-6,15H,7-8H2,1-3H3/t13-/m0/s1. The third kappa shape index (κ3) is 3.00. The van der Waals surface area contributed by atoms with Crippen LogP contribution in [0.2, 0.25) is 0 Å². The smallest absolute Gasteiger partial charge is 0.352 e. The molecule has 0 saturated carbocycles. The Morgan fingerprint density at radius 1 is 1.45 bits per heavy atom. The molecule has 2 rings (SSSR count). The van der Waals surface area contributed by atoms with Gasteiger partial charge in [0.15, 0.2) is 11.5 Å². The van der Waals surface area contributed by atoms with E-state index in [1.54, 1.807) is 20.8 Å². The number of nitro benzene ring substituents is 1. The van der Waals surface area contributed by atoms with Crippen LogP contribution in [0.1, 0.15) is 20.8 Å². The molecule has 1 N–H and O–H groups in total. The summed E-state index contributed by atoms with van der Waals surface area (Å²) in [6, 6.07) is 4.16. The molecule has 110 valence electrons. The fraction of sp³-hybridized carbons (Fsp3) is 0.538. The summed E-state index contributed by atoms with van der Waals surface area (Å²) < 4.78 is 16.6. The van der Waals surface area contributed by atoms with E-state index in [9.17, 15) is 15.2 Å². The first-order valence-corrected chi connectivity index (χ1v) is 6.16. The van der Waals surface area contributed by atoms with Crippen LogP contribution in [-0.2, 0) is 9.47 Å². The SMILES string of the molecule is CC1(C)OC[C@](C)(COc2cccc(O)c2[N+](=O)[O-])O1. The summed E-state index contributed by atoms with van der Waals surface area (Å²) >= 11 is 0. The maximum Gasteiger partial charge on any atom is 0.352 e. The molecule has 1 aliphatic heterocycles. The topological polar surface area (TPSA) is 91.1 Å². The van der Waals surface area contributed by atoms with Crippen LogP contribution in [0.4, 0.5) is 5.69 Å². The third-order valence-corrected chi connectivity index (χ3v) is 2.91. The molecular weight excluding hydrogens is 266 g/mol. The van der Waals surface area contributed by atoms with E-state index in [-0.39, 0.29) is 12.4 Å². The minimum atomic E-state index is -0.705. The highest BCUT2D eigenvalue weighted by atomic mass is 16.8. The van der Waals surface area contributed by atoms with E-state index in [0.717, 1.165) is 0 Å². The first-order chi connectivity index (χ1) is 9.22. The molecule has 1 atom stereocenters. The minimum absolute atomic E-state index is 0.00420. The van der Waals surface area contributed by atoms with Gasteiger partial charge in [-0.15, -0.1) is 0 Å². The Hall–Kier alpha value is -1.86. The van der Waals surface area contributed by atoms with Gasteiger partial charge in [-0.1, -0.05) is 6.07 Å². The van der Waals surface area contributed by atoms with E-state index in [4.69, 9.17) is 14.2 Å². The largest absolute Gasteiger partial charge is 0.502 e. The van der Waals surface area contributed by atoms with Crippen molar-refractivity contribution in [2.75, 3.05) is 13.2 Å². The van der Waals surface area contributed by atoms with Gasteiger partial charge in [0.2, 0.25) is 5.75 Å². The van der Waals surface area contributed by atoms with Gasteiger partial charge in [-0.3, -0.25) is 10.1 Å². The Bertz CT molecular complexity index is 530. The quantitative estimate of drug-likeness (QED) is 0.673. The molecule has 1 aromatic rings. The van der Waals surface area contributed by atoms with E-state index in [1.165, 1.54) is 18.2 Å². The molecule has 7 nitrogen and oxygen atoms in total. The molecule has 1 aromatic carbocycles. The second-order valence-corrected chi connectivity index (χ2v) is 5.41. The molecule has 0 bridgehead atoms. The number of para-hydroxylation sites is 1. The maximum absolute atomic E-state index is 10.9. The monoisotopic (exact) mass is 283 g/mol. The number of nitrogens with zero attached hydrogens (tertiary/aromatic N) is 1. The van der Waals surface area contributed by atoms with Gasteiger partial charge in [-0.05, 0) is 32.9 Å². The van der Waals surface area contributed by atoms with Crippen molar-refractivity contribution >= 4 is 5.69 Å². The number of aromatic hydroxyl groups is 1. The third-order valence-electron chi connectivity index (χ3n) is 2.91. The minimum Gasteiger partial charge on any atom is -0.502 e. The fourth-order valence-electron chi connectivity index (χ4n) is 2.09. The summed E-state index contributed by atoms with van der Waals surface area (Å²) in [4.78, 5) is 10.3. The maximum atomic E-state index is 10.9. The molecule has 1 fully saturated rings. The first-order valence-electron chi connectivity index (χ1n) is 6.16. The summed E-state index contributed by atoms with van der Waals surface area (Å²) in [5.74, 6) is -1.13. The molecule has 1 heterocycles. The van der Waals surface area contributed by atoms with E-state index in [1.807, 2.05) is 0 Å². The van der Waals surface area contributed by atoms with Gasteiger partial charge in [0.05, 0.1) is 11.5 Å². The second kappa shape index (κ2) is 4.92. The van der Waals surface area contributed by atoms with Crippen molar-refractivity contribution < 1.29 is 24.2 Å². The molecule has 1 aliphatic rings. The molecule has 20 heavy (non-hydrogen) atoms. The van der Waals surface area contributed by atoms with Gasteiger partial charge in [-0.2, -0.15) is 0 Å². The average Bonchev–Trinajstić information content (AvgIpc) is 2.61. The highest BCUT2D eigenvalue weighted by Crippen LogP contribution is 2.37. The molecule has 0 aromatic heterocycles. The number of ether oxygens (including phenoxy) is 3. The zero-order chi connectivity index (χ0) is 15.0. The Morgan fingerprint density at radius 3 is 2.70 bits per heavy atom. The van der Waals surface area contributed by atoms with E-state index < -0.39 is 27.7 Å². The number of hydrogen-bond donors (Lipinski definition) is 1. The number of phenolic OH excluding ortho intramolecular Hbond substituents is 1. The van der Waals surface area contributed by atoms with Crippen LogP contribution in [0.15, 0.2) is 18.2 Å². The highest BCUT2D eigenvalue weighted by Gasteiger charge is 2.43. The lowest BCUT2D eigenvalue weighted by Crippen LogP contribution is -2.37. The Labute approximate surface area is 116 Å². The van der Waals surface area contributed by atoms with Crippen LogP contribution in [0, 0.1) is 10.1 Å². The number of nitro groups is 1. The Morgan fingerprint density at radius 2 is 2.15 bits per heavy atom. The van der Waals surface area contributed by atoms with Crippen LogP contribution in [0.25, 0.3) is 0 Å². The number of hydrogen-bond acceptors (Lipinski definition) is 6. The molecule has 0 unspecified atom stereocenters.